The Balaban J connectivity index is 1.73. The van der Waals surface area contributed by atoms with Gasteiger partial charge in [-0.2, -0.15) is 0 Å². The molecule has 0 spiro atoms. The van der Waals surface area contributed by atoms with Crippen LogP contribution >= 0.6 is 35.0 Å². The number of β-lactam (4-membered cyclic amide) rings is 1. The van der Waals surface area contributed by atoms with Crippen molar-refractivity contribution in [3.63, 3.8) is 0 Å². The molecule has 1 heterocycles. The molecule has 4 rings (SSSR count). The first-order valence-corrected chi connectivity index (χ1v) is 9.74. The van der Waals surface area contributed by atoms with Crippen LogP contribution < -0.4 is 4.90 Å². The zero-order chi connectivity index (χ0) is 18.1. The zero-order valence-corrected chi connectivity index (χ0v) is 16.0. The van der Waals surface area contributed by atoms with E-state index >= 15 is 0 Å². The van der Waals surface area contributed by atoms with E-state index in [2.05, 4.69) is 0 Å². The number of nitrogens with zero attached hydrogens (tertiary/aromatic N) is 1. The Kier molecular flexibility index (Phi) is 4.70. The fourth-order valence-electron chi connectivity index (χ4n) is 3.13. The van der Waals surface area contributed by atoms with Crippen LogP contribution in [0.5, 0.6) is 0 Å². The summed E-state index contributed by atoms with van der Waals surface area (Å²) in [4.78, 5) is 15.8. The number of halogens is 2. The summed E-state index contributed by atoms with van der Waals surface area (Å²) < 4.78 is -1.09. The molecular formula is C21H15Cl2NOS. The third-order valence-corrected chi connectivity index (χ3v) is 6.40. The predicted octanol–water partition coefficient (Wildman–Crippen LogP) is 6.16. The van der Waals surface area contributed by atoms with Crippen molar-refractivity contribution in [1.82, 2.24) is 0 Å². The molecule has 0 aliphatic carbocycles. The Morgan fingerprint density at radius 3 is 2.04 bits per heavy atom. The monoisotopic (exact) mass is 399 g/mol. The maximum Gasteiger partial charge on any atom is 0.262 e. The molecule has 2 atom stereocenters. The molecule has 1 fully saturated rings. The molecule has 0 N–H and O–H groups in total. The molecule has 1 amide bonds. The number of carbonyl (C=O) groups excluding carboxylic acids is 1. The highest BCUT2D eigenvalue weighted by Gasteiger charge is 2.61. The van der Waals surface area contributed by atoms with Gasteiger partial charge in [-0.1, -0.05) is 83.5 Å². The summed E-state index contributed by atoms with van der Waals surface area (Å²) in [5.74, 6) is -0.112. The summed E-state index contributed by atoms with van der Waals surface area (Å²) in [7, 11) is 0. The lowest BCUT2D eigenvalue weighted by atomic mass is 9.91. The van der Waals surface area contributed by atoms with Crippen LogP contribution in [-0.2, 0) is 4.79 Å². The molecule has 0 radical (unpaired) electrons. The molecule has 0 aromatic heterocycles. The number of hydrogen-bond acceptors (Lipinski definition) is 2. The summed E-state index contributed by atoms with van der Waals surface area (Å²) >= 11 is 14.3. The van der Waals surface area contributed by atoms with Crippen LogP contribution in [0.1, 0.15) is 11.6 Å². The van der Waals surface area contributed by atoms with Crippen molar-refractivity contribution in [3.8, 4) is 0 Å². The maximum absolute atomic E-state index is 13.1. The molecule has 1 saturated heterocycles. The van der Waals surface area contributed by atoms with Crippen LogP contribution in [0.3, 0.4) is 0 Å². The first kappa shape index (κ1) is 17.5. The van der Waals surface area contributed by atoms with Gasteiger partial charge in [0, 0.05) is 15.6 Å². The number of amides is 1. The summed E-state index contributed by atoms with van der Waals surface area (Å²) in [6, 6.07) is 26.7. The molecule has 26 heavy (non-hydrogen) atoms. The van der Waals surface area contributed by atoms with E-state index in [1.165, 1.54) is 11.8 Å². The Labute approximate surface area is 166 Å². The van der Waals surface area contributed by atoms with E-state index in [-0.39, 0.29) is 11.9 Å². The molecule has 0 bridgehead atoms. The minimum Gasteiger partial charge on any atom is -0.299 e. The van der Waals surface area contributed by atoms with E-state index in [0.29, 0.717) is 5.02 Å². The second kappa shape index (κ2) is 6.99. The lowest BCUT2D eigenvalue weighted by Gasteiger charge is -2.52. The minimum atomic E-state index is -1.09. The lowest BCUT2D eigenvalue weighted by Crippen LogP contribution is -2.64. The topological polar surface area (TPSA) is 20.3 Å². The lowest BCUT2D eigenvalue weighted by molar-refractivity contribution is -0.125. The minimum absolute atomic E-state index is 0.112. The number of hydrogen-bond donors (Lipinski definition) is 0. The Morgan fingerprint density at radius 1 is 0.846 bits per heavy atom. The van der Waals surface area contributed by atoms with Crippen LogP contribution in [-0.4, -0.2) is 10.1 Å². The van der Waals surface area contributed by atoms with E-state index in [1.807, 2.05) is 72.8 Å². The van der Waals surface area contributed by atoms with Crippen molar-refractivity contribution < 1.29 is 4.79 Å². The number of benzene rings is 3. The van der Waals surface area contributed by atoms with Crippen LogP contribution in [0.25, 0.3) is 0 Å². The molecule has 1 aliphatic heterocycles. The molecule has 3 aromatic carbocycles. The molecule has 0 saturated carbocycles. The number of carbonyl (C=O) groups is 1. The smallest absolute Gasteiger partial charge is 0.262 e. The van der Waals surface area contributed by atoms with Crippen LogP contribution in [0.2, 0.25) is 5.02 Å². The second-order valence-corrected chi connectivity index (χ2v) is 8.60. The largest absolute Gasteiger partial charge is 0.299 e. The fourth-order valence-corrected chi connectivity index (χ4v) is 4.99. The number of rotatable bonds is 4. The average Bonchev–Trinajstić information content (AvgIpc) is 2.68. The SMILES string of the molecule is O=C1N(c2ccccc2)C(c2ccccc2)C1(Cl)Sc1ccc(Cl)cc1. The highest BCUT2D eigenvalue weighted by atomic mass is 35.5. The van der Waals surface area contributed by atoms with Gasteiger partial charge < -0.3 is 0 Å². The van der Waals surface area contributed by atoms with Crippen LogP contribution in [0, 0.1) is 0 Å². The van der Waals surface area contributed by atoms with Crippen molar-refractivity contribution in [2.45, 2.75) is 15.1 Å². The number of thioether (sulfide) groups is 1. The van der Waals surface area contributed by atoms with E-state index in [4.69, 9.17) is 23.2 Å². The van der Waals surface area contributed by atoms with E-state index < -0.39 is 4.21 Å². The molecule has 2 unspecified atom stereocenters. The van der Waals surface area contributed by atoms with Crippen molar-refractivity contribution in [1.29, 1.82) is 0 Å². The quantitative estimate of drug-likeness (QED) is 0.386. The predicted molar refractivity (Wildman–Crippen MR) is 109 cm³/mol. The van der Waals surface area contributed by atoms with Gasteiger partial charge in [-0.25, -0.2) is 0 Å². The van der Waals surface area contributed by atoms with Crippen molar-refractivity contribution >= 4 is 46.6 Å². The van der Waals surface area contributed by atoms with Gasteiger partial charge >= 0.3 is 0 Å². The van der Waals surface area contributed by atoms with Crippen LogP contribution in [0.15, 0.2) is 89.8 Å². The van der Waals surface area contributed by atoms with Crippen molar-refractivity contribution in [3.05, 3.63) is 95.5 Å². The average molecular weight is 400 g/mol. The number of anilines is 1. The summed E-state index contributed by atoms with van der Waals surface area (Å²) in [5.41, 5.74) is 1.85. The van der Waals surface area contributed by atoms with E-state index in [0.717, 1.165) is 16.1 Å². The zero-order valence-electron chi connectivity index (χ0n) is 13.7. The standard InChI is InChI=1S/C21H15Cl2NOS/c22-16-11-13-18(14-12-16)26-21(23)19(15-7-3-1-4-8-15)24(20(21)25)17-9-5-2-6-10-17/h1-14,19H. The molecule has 130 valence electrons. The third-order valence-electron chi connectivity index (χ3n) is 4.35. The highest BCUT2D eigenvalue weighted by molar-refractivity contribution is 8.03. The van der Waals surface area contributed by atoms with Gasteiger partial charge in [0.2, 0.25) is 0 Å². The van der Waals surface area contributed by atoms with Crippen molar-refractivity contribution in [2.24, 2.45) is 0 Å². The summed E-state index contributed by atoms with van der Waals surface area (Å²) in [6.45, 7) is 0. The molecule has 1 aliphatic rings. The maximum atomic E-state index is 13.1. The Hall–Kier alpha value is -1.94. The van der Waals surface area contributed by atoms with Gasteiger partial charge in [0.15, 0.2) is 4.21 Å². The third kappa shape index (κ3) is 3.01. The van der Waals surface area contributed by atoms with E-state index in [9.17, 15) is 4.79 Å². The molecule has 2 nitrogen and oxygen atoms in total. The molecule has 5 heteroatoms. The van der Waals surface area contributed by atoms with Gasteiger partial charge in [0.05, 0.1) is 6.04 Å². The first-order valence-electron chi connectivity index (χ1n) is 8.17. The normalized spacial score (nSPS) is 22.2. The number of para-hydroxylation sites is 1. The fraction of sp³-hybridized carbons (Fsp3) is 0.0952. The molecule has 3 aromatic rings. The highest BCUT2D eigenvalue weighted by Crippen LogP contribution is 2.58. The van der Waals surface area contributed by atoms with Gasteiger partial charge in [0.1, 0.15) is 0 Å². The number of alkyl halides is 1. The van der Waals surface area contributed by atoms with Gasteiger partial charge in [-0.05, 0) is 42.0 Å². The van der Waals surface area contributed by atoms with Gasteiger partial charge in [0.25, 0.3) is 5.91 Å². The summed E-state index contributed by atoms with van der Waals surface area (Å²) in [6.07, 6.45) is 0. The van der Waals surface area contributed by atoms with E-state index in [1.54, 1.807) is 17.0 Å². The Morgan fingerprint density at radius 2 is 1.42 bits per heavy atom. The summed E-state index contributed by atoms with van der Waals surface area (Å²) in [5, 5.41) is 0.656. The van der Waals surface area contributed by atoms with Crippen molar-refractivity contribution in [2.75, 3.05) is 4.90 Å². The van der Waals surface area contributed by atoms with Gasteiger partial charge in [-0.15, -0.1) is 0 Å². The van der Waals surface area contributed by atoms with Crippen LogP contribution in [0.4, 0.5) is 5.69 Å². The second-order valence-electron chi connectivity index (χ2n) is 6.02. The first-order chi connectivity index (χ1) is 12.6. The van der Waals surface area contributed by atoms with Gasteiger partial charge in [-0.3, -0.25) is 9.69 Å². The Bertz CT molecular complexity index is 918. The molecular weight excluding hydrogens is 385 g/mol.